The van der Waals surface area contributed by atoms with E-state index in [4.69, 9.17) is 47.5 Å². The van der Waals surface area contributed by atoms with Crippen LogP contribution < -0.4 is 22.7 Å². The molecule has 404 valence electrons. The zero-order chi connectivity index (χ0) is 54.6. The van der Waals surface area contributed by atoms with E-state index < -0.39 is 17.2 Å². The fourth-order valence-electron chi connectivity index (χ4n) is 6.54. The zero-order valence-corrected chi connectivity index (χ0v) is 45.8. The van der Waals surface area contributed by atoms with Gasteiger partial charge >= 0.3 is 11.6 Å². The van der Waals surface area contributed by atoms with Crippen LogP contribution >= 0.6 is 59.4 Å². The van der Waals surface area contributed by atoms with E-state index >= 15 is 0 Å². The lowest BCUT2D eigenvalue weighted by Gasteiger charge is -2.15. The molecule has 0 aliphatic carbocycles. The maximum Gasteiger partial charge on any atom is 0.347 e. The number of carboxylic acid groups (broad SMARTS) is 2. The number of nitrogen functional groups attached to an aromatic ring is 2. The van der Waals surface area contributed by atoms with Crippen LogP contribution in [0.25, 0.3) is 50.3 Å². The summed E-state index contributed by atoms with van der Waals surface area (Å²) in [7, 11) is 0. The number of carboxylic acids is 2. The van der Waals surface area contributed by atoms with Gasteiger partial charge in [0.25, 0.3) is 16.8 Å². The maximum atomic E-state index is 13.2. The van der Waals surface area contributed by atoms with Gasteiger partial charge in [-0.25, -0.2) is 19.6 Å². The molecule has 0 aliphatic rings. The van der Waals surface area contributed by atoms with Crippen molar-refractivity contribution < 1.29 is 29.0 Å². The standard InChI is InChI=1S/C21H15BrN2O.C14H8BrNO2.C7H4BrClO.C7H7NO2.C7H9N.C2H4O2.3CH4/c1-14-10-12-15(13-11-14)24-20(16-6-2-4-8-18(16)22)23-19-9-5-3-7-17(19)21(24)25;15-11-7-3-1-5-9(11)13-16-12-8-4-2-6-10(12)14(17)18-13;2*8-6-4-2-1-3-5(6)7(9)10;1-6-2-4-7(8)5-3-6;1-2(3)4;;;/h2-13H,1H3;1-8H;1-4H;1-4H,8H2,(H,9,10);2-5H,8H2,1H3;1H3,(H,3,4);3*1H4. The summed E-state index contributed by atoms with van der Waals surface area (Å²) in [6.45, 7) is 5.15. The number of aromatic nitrogens is 3. The van der Waals surface area contributed by atoms with Crippen LogP contribution in [0.4, 0.5) is 11.4 Å². The van der Waals surface area contributed by atoms with Crippen LogP contribution in [-0.4, -0.2) is 41.9 Å². The van der Waals surface area contributed by atoms with Gasteiger partial charge in [-0.3, -0.25) is 19.0 Å². The molecule has 0 fully saturated rings. The molecule has 0 saturated heterocycles. The molecule has 0 amide bonds. The second-order valence-electron chi connectivity index (χ2n) is 15.8. The SMILES string of the molecule is C.C.C.CC(=O)O.Cc1ccc(-n2c(-c3ccccc3Br)nc3ccccc3c2=O)cc1.Cc1ccc(N)cc1.Nc1ccccc1C(=O)O.O=C(Cl)c1ccccc1Br.O=c1oc(-c2ccccc2Br)nc2ccccc12. The number of fused-ring (bicyclic) bond motifs is 2. The molecule has 10 aromatic rings. The molecule has 6 N–H and O–H groups in total. The second kappa shape index (κ2) is 32.5. The molecular formula is C61H59Br3ClN5O8. The molecule has 13 nitrogen and oxygen atoms in total. The smallest absolute Gasteiger partial charge is 0.347 e. The van der Waals surface area contributed by atoms with Crippen LogP contribution in [0.2, 0.25) is 0 Å². The quantitative estimate of drug-likeness (QED) is 0.0934. The third-order valence-electron chi connectivity index (χ3n) is 10.2. The number of anilines is 2. The Morgan fingerprint density at radius 2 is 0.962 bits per heavy atom. The number of aliphatic carboxylic acids is 1. The monoisotopic (exact) mass is 1260 g/mol. The first-order valence-electron chi connectivity index (χ1n) is 22.4. The first-order chi connectivity index (χ1) is 35.9. The second-order valence-corrected chi connectivity index (χ2v) is 18.7. The highest BCUT2D eigenvalue weighted by atomic mass is 79.9. The summed E-state index contributed by atoms with van der Waals surface area (Å²) in [6.07, 6.45) is 0. The molecule has 8 aromatic carbocycles. The van der Waals surface area contributed by atoms with E-state index in [-0.39, 0.29) is 39.0 Å². The summed E-state index contributed by atoms with van der Waals surface area (Å²) >= 11 is 15.4. The number of halogens is 4. The number of carbonyl (C=O) groups excluding carboxylic acids is 1. The molecule has 2 heterocycles. The van der Waals surface area contributed by atoms with E-state index in [1.54, 1.807) is 59.2 Å². The number of hydrogen-bond donors (Lipinski definition) is 4. The van der Waals surface area contributed by atoms with Crippen molar-refractivity contribution in [1.29, 1.82) is 0 Å². The lowest BCUT2D eigenvalue weighted by Crippen LogP contribution is -2.22. The van der Waals surface area contributed by atoms with Crippen molar-refractivity contribution in [1.82, 2.24) is 14.5 Å². The molecule has 0 atom stereocenters. The minimum Gasteiger partial charge on any atom is -0.481 e. The van der Waals surface area contributed by atoms with Gasteiger partial charge in [0.05, 0.1) is 38.6 Å². The normalized spacial score (nSPS) is 9.63. The number of nitrogens with two attached hydrogens (primary N) is 2. The lowest BCUT2D eigenvalue weighted by molar-refractivity contribution is -0.134. The molecule has 10 rings (SSSR count). The van der Waals surface area contributed by atoms with Gasteiger partial charge in [-0.2, -0.15) is 0 Å². The van der Waals surface area contributed by atoms with Gasteiger partial charge < -0.3 is 26.1 Å². The van der Waals surface area contributed by atoms with Crippen LogP contribution in [0.15, 0.2) is 222 Å². The molecule has 2 aromatic heterocycles. The van der Waals surface area contributed by atoms with Gasteiger partial charge in [0.1, 0.15) is 5.82 Å². The predicted octanol–water partition coefficient (Wildman–Crippen LogP) is 16.1. The van der Waals surface area contributed by atoms with E-state index in [1.165, 1.54) is 11.6 Å². The van der Waals surface area contributed by atoms with E-state index in [9.17, 15) is 19.2 Å². The molecular weight excluding hydrogens is 1210 g/mol. The van der Waals surface area contributed by atoms with Gasteiger partial charge in [0, 0.05) is 42.8 Å². The number of rotatable bonds is 5. The third kappa shape index (κ3) is 19.2. The minimum absolute atomic E-state index is 0. The molecule has 0 radical (unpaired) electrons. The van der Waals surface area contributed by atoms with Crippen molar-refractivity contribution in [2.75, 3.05) is 11.5 Å². The number of para-hydroxylation sites is 3. The number of benzene rings is 8. The molecule has 0 saturated carbocycles. The summed E-state index contributed by atoms with van der Waals surface area (Å²) in [6, 6.07) is 59.0. The molecule has 0 aliphatic heterocycles. The molecule has 0 spiro atoms. The number of aryl methyl sites for hydroxylation is 2. The van der Waals surface area contributed by atoms with E-state index in [1.807, 2.05) is 147 Å². The Morgan fingerprint density at radius 1 is 0.538 bits per heavy atom. The van der Waals surface area contributed by atoms with Crippen molar-refractivity contribution in [3.8, 4) is 28.5 Å². The van der Waals surface area contributed by atoms with Crippen LogP contribution in [0.5, 0.6) is 0 Å². The summed E-state index contributed by atoms with van der Waals surface area (Å²) in [5.41, 5.74) is 18.3. The fraction of sp³-hybridized carbons (Fsp3) is 0.0984. The van der Waals surface area contributed by atoms with Gasteiger partial charge in [0.15, 0.2) is 0 Å². The highest BCUT2D eigenvalue weighted by Crippen LogP contribution is 2.29. The Balaban J connectivity index is 0.000000345. The third-order valence-corrected chi connectivity index (χ3v) is 12.5. The first kappa shape index (κ1) is 66.1. The lowest BCUT2D eigenvalue weighted by atomic mass is 10.1. The fourth-order valence-corrected chi connectivity index (χ4v) is 8.20. The molecule has 17 heteroatoms. The Morgan fingerprint density at radius 3 is 1.42 bits per heavy atom. The number of aromatic carboxylic acids is 1. The van der Waals surface area contributed by atoms with Crippen LogP contribution in [0.1, 0.15) is 61.0 Å². The van der Waals surface area contributed by atoms with Crippen molar-refractivity contribution in [3.63, 3.8) is 0 Å². The molecule has 78 heavy (non-hydrogen) atoms. The van der Waals surface area contributed by atoms with Gasteiger partial charge in [0.2, 0.25) is 5.89 Å². The summed E-state index contributed by atoms with van der Waals surface area (Å²) in [5, 5.41) is 16.6. The van der Waals surface area contributed by atoms with Crippen molar-refractivity contribution in [3.05, 3.63) is 251 Å². The topological polar surface area (TPSA) is 222 Å². The largest absolute Gasteiger partial charge is 0.481 e. The van der Waals surface area contributed by atoms with E-state index in [0.29, 0.717) is 44.8 Å². The number of nitrogens with zero attached hydrogens (tertiary/aromatic N) is 3. The highest BCUT2D eigenvalue weighted by Gasteiger charge is 2.16. The van der Waals surface area contributed by atoms with Gasteiger partial charge in [-0.1, -0.05) is 168 Å². The van der Waals surface area contributed by atoms with E-state index in [0.717, 1.165) is 48.4 Å². The Hall–Kier alpha value is -8.02. The summed E-state index contributed by atoms with van der Waals surface area (Å²) < 4.78 is 9.42. The minimum atomic E-state index is -0.988. The van der Waals surface area contributed by atoms with Crippen LogP contribution in [0.3, 0.4) is 0 Å². The first-order valence-corrected chi connectivity index (χ1v) is 25.1. The van der Waals surface area contributed by atoms with Crippen molar-refractivity contribution in [2.24, 2.45) is 0 Å². The number of carbonyl (C=O) groups is 3. The predicted molar refractivity (Wildman–Crippen MR) is 330 cm³/mol. The average molecular weight is 1270 g/mol. The molecule has 0 unspecified atom stereocenters. The zero-order valence-electron chi connectivity index (χ0n) is 40.3. The van der Waals surface area contributed by atoms with Crippen LogP contribution in [-0.2, 0) is 4.79 Å². The average Bonchev–Trinajstić information content (AvgIpc) is 3.41. The van der Waals surface area contributed by atoms with Gasteiger partial charge in [-0.05, 0) is 132 Å². The van der Waals surface area contributed by atoms with Crippen molar-refractivity contribution >= 4 is 110 Å². The number of hydrogen-bond acceptors (Lipinski definition) is 10. The van der Waals surface area contributed by atoms with Gasteiger partial charge in [-0.15, -0.1) is 0 Å². The van der Waals surface area contributed by atoms with Crippen molar-refractivity contribution in [2.45, 2.75) is 43.1 Å². The summed E-state index contributed by atoms with van der Waals surface area (Å²) in [4.78, 5) is 64.2. The Bertz CT molecular complexity index is 3620. The molecule has 0 bridgehead atoms. The van der Waals surface area contributed by atoms with Crippen LogP contribution in [0, 0.1) is 13.8 Å². The summed E-state index contributed by atoms with van der Waals surface area (Å²) in [5.74, 6) is -0.871. The Kier molecular flexibility index (Phi) is 27.6. The van der Waals surface area contributed by atoms with E-state index in [2.05, 4.69) is 52.8 Å². The Labute approximate surface area is 483 Å². The maximum absolute atomic E-state index is 13.2. The highest BCUT2D eigenvalue weighted by molar-refractivity contribution is 9.11.